The quantitative estimate of drug-likeness (QED) is 0.618. The van der Waals surface area contributed by atoms with Gasteiger partial charge in [-0.15, -0.1) is 0 Å². The van der Waals surface area contributed by atoms with Crippen LogP contribution in [0.25, 0.3) is 0 Å². The number of aromatic nitrogens is 3. The first-order chi connectivity index (χ1) is 13.1. The summed E-state index contributed by atoms with van der Waals surface area (Å²) in [6.07, 6.45) is 6.41. The van der Waals surface area contributed by atoms with E-state index >= 15 is 0 Å². The van der Waals surface area contributed by atoms with Crippen LogP contribution >= 0.6 is 11.6 Å². The Balaban J connectivity index is 1.84. The van der Waals surface area contributed by atoms with Crippen molar-refractivity contribution < 1.29 is 9.53 Å². The number of esters is 1. The van der Waals surface area contributed by atoms with Crippen LogP contribution in [-0.2, 0) is 17.6 Å². The van der Waals surface area contributed by atoms with E-state index in [1.807, 2.05) is 12.1 Å². The second-order valence-corrected chi connectivity index (χ2v) is 6.49. The predicted molar refractivity (Wildman–Crippen MR) is 103 cm³/mol. The second-order valence-electron chi connectivity index (χ2n) is 6.09. The van der Waals surface area contributed by atoms with E-state index in [0.717, 1.165) is 28.9 Å². The summed E-state index contributed by atoms with van der Waals surface area (Å²) in [5.41, 5.74) is 3.99. The molecule has 7 nitrogen and oxygen atoms in total. The lowest BCUT2D eigenvalue weighted by molar-refractivity contribution is 0.0599. The molecule has 2 N–H and O–H groups in total. The molecule has 3 heterocycles. The van der Waals surface area contributed by atoms with Gasteiger partial charge in [0.1, 0.15) is 5.02 Å². The van der Waals surface area contributed by atoms with Crippen LogP contribution in [0.2, 0.25) is 5.02 Å². The Morgan fingerprint density at radius 1 is 1.11 bits per heavy atom. The van der Waals surface area contributed by atoms with Crippen molar-refractivity contribution in [2.75, 3.05) is 17.7 Å². The summed E-state index contributed by atoms with van der Waals surface area (Å²) < 4.78 is 4.91. The molecule has 136 valence electrons. The maximum Gasteiger partial charge on any atom is 0.338 e. The van der Waals surface area contributed by atoms with Crippen LogP contribution in [0.4, 0.5) is 23.1 Å². The Morgan fingerprint density at radius 2 is 2.00 bits per heavy atom. The van der Waals surface area contributed by atoms with Crippen molar-refractivity contribution in [2.24, 2.45) is 0 Å². The molecule has 0 saturated heterocycles. The van der Waals surface area contributed by atoms with Crippen LogP contribution in [0.1, 0.15) is 21.5 Å². The third kappa shape index (κ3) is 3.68. The standard InChI is InChI=1S/C19H16ClN5O2/c1-27-18(26)15-5-4-13-7-12(15)3-2-11-6-14(9-21-8-11)24-19-22-10-16(20)17(23-13)25-19/h4-10H,2-3H2,1H3,(H2,22,23,24,25). The van der Waals surface area contributed by atoms with Gasteiger partial charge in [-0.1, -0.05) is 11.6 Å². The molecule has 3 aromatic rings. The molecule has 27 heavy (non-hydrogen) atoms. The predicted octanol–water partition coefficient (Wildman–Crippen LogP) is 3.90. The molecule has 0 radical (unpaired) electrons. The van der Waals surface area contributed by atoms with Gasteiger partial charge in [0.15, 0.2) is 5.82 Å². The number of carbonyl (C=O) groups is 1. The van der Waals surface area contributed by atoms with Crippen LogP contribution in [-0.4, -0.2) is 28.0 Å². The number of nitrogens with one attached hydrogen (secondary N) is 2. The molecule has 1 aromatic carbocycles. The fraction of sp³-hybridized carbons (Fsp3) is 0.158. The highest BCUT2D eigenvalue weighted by Gasteiger charge is 2.15. The van der Waals surface area contributed by atoms with Gasteiger partial charge in [-0.2, -0.15) is 4.98 Å². The smallest absolute Gasteiger partial charge is 0.338 e. The topological polar surface area (TPSA) is 89.0 Å². The molecule has 0 atom stereocenters. The van der Waals surface area contributed by atoms with Crippen molar-refractivity contribution in [1.29, 1.82) is 0 Å². The van der Waals surface area contributed by atoms with Gasteiger partial charge in [-0.25, -0.2) is 9.78 Å². The maximum absolute atomic E-state index is 12.1. The number of halogens is 1. The highest BCUT2D eigenvalue weighted by atomic mass is 35.5. The number of pyridine rings is 1. The number of ether oxygens (including phenoxy) is 1. The number of hydrogen-bond donors (Lipinski definition) is 2. The zero-order chi connectivity index (χ0) is 18.8. The molecule has 0 saturated carbocycles. The molecule has 0 spiro atoms. The van der Waals surface area contributed by atoms with Gasteiger partial charge in [0.2, 0.25) is 5.95 Å². The molecule has 0 fully saturated rings. The van der Waals surface area contributed by atoms with Crippen molar-refractivity contribution in [3.05, 3.63) is 64.6 Å². The first kappa shape index (κ1) is 17.2. The number of rotatable bonds is 1. The van der Waals surface area contributed by atoms with Crippen LogP contribution < -0.4 is 10.6 Å². The van der Waals surface area contributed by atoms with Crippen molar-refractivity contribution in [3.63, 3.8) is 0 Å². The summed E-state index contributed by atoms with van der Waals surface area (Å²) in [6.45, 7) is 0. The van der Waals surface area contributed by atoms with Gasteiger partial charge in [0, 0.05) is 11.9 Å². The number of fused-ring (bicyclic) bond motifs is 6. The van der Waals surface area contributed by atoms with Gasteiger partial charge in [0.25, 0.3) is 0 Å². The summed E-state index contributed by atoms with van der Waals surface area (Å²) in [6, 6.07) is 7.43. The SMILES string of the molecule is COC(=O)c1ccc2cc1CCc1cncc(c1)Nc1ncc(Cl)c(n1)N2. The van der Waals surface area contributed by atoms with Crippen molar-refractivity contribution in [1.82, 2.24) is 15.0 Å². The first-order valence-corrected chi connectivity index (χ1v) is 8.72. The van der Waals surface area contributed by atoms with E-state index in [2.05, 4.69) is 25.6 Å². The number of methoxy groups -OCH3 is 1. The van der Waals surface area contributed by atoms with E-state index in [4.69, 9.17) is 16.3 Å². The average Bonchev–Trinajstić information content (AvgIpc) is 2.68. The van der Waals surface area contributed by atoms with E-state index in [-0.39, 0.29) is 5.97 Å². The van der Waals surface area contributed by atoms with E-state index in [1.54, 1.807) is 24.5 Å². The molecular weight excluding hydrogens is 366 g/mol. The highest BCUT2D eigenvalue weighted by molar-refractivity contribution is 6.32. The largest absolute Gasteiger partial charge is 0.465 e. The Kier molecular flexibility index (Phi) is 4.60. The van der Waals surface area contributed by atoms with Crippen LogP contribution in [0.5, 0.6) is 0 Å². The van der Waals surface area contributed by atoms with E-state index in [9.17, 15) is 4.79 Å². The van der Waals surface area contributed by atoms with E-state index in [0.29, 0.717) is 28.8 Å². The molecule has 4 rings (SSSR count). The lowest BCUT2D eigenvalue weighted by Gasteiger charge is -2.12. The minimum Gasteiger partial charge on any atom is -0.465 e. The third-order valence-corrected chi connectivity index (χ3v) is 4.53. The lowest BCUT2D eigenvalue weighted by atomic mass is 9.99. The molecule has 0 unspecified atom stereocenters. The number of nitrogens with zero attached hydrogens (tertiary/aromatic N) is 3. The molecule has 0 amide bonds. The fourth-order valence-corrected chi connectivity index (χ4v) is 3.08. The van der Waals surface area contributed by atoms with E-state index in [1.165, 1.54) is 13.3 Å². The molecular formula is C19H16ClN5O2. The summed E-state index contributed by atoms with van der Waals surface area (Å²) in [5.74, 6) is 0.512. The van der Waals surface area contributed by atoms with Gasteiger partial charge in [0.05, 0.1) is 30.8 Å². The van der Waals surface area contributed by atoms with E-state index < -0.39 is 0 Å². The first-order valence-electron chi connectivity index (χ1n) is 8.34. The molecule has 0 aliphatic carbocycles. The summed E-state index contributed by atoms with van der Waals surface area (Å²) in [5, 5.41) is 6.72. The summed E-state index contributed by atoms with van der Waals surface area (Å²) >= 11 is 6.24. The Hall–Kier alpha value is -3.19. The minimum atomic E-state index is -0.364. The number of anilines is 4. The number of carbonyl (C=O) groups excluding carboxylic acids is 1. The van der Waals surface area contributed by atoms with Crippen LogP contribution in [0.15, 0.2) is 42.9 Å². The van der Waals surface area contributed by atoms with Crippen LogP contribution in [0, 0.1) is 0 Å². The Bertz CT molecular complexity index is 1020. The van der Waals surface area contributed by atoms with Crippen molar-refractivity contribution >= 4 is 40.7 Å². The third-order valence-electron chi connectivity index (χ3n) is 4.25. The average molecular weight is 382 g/mol. The van der Waals surface area contributed by atoms with Crippen LogP contribution in [0.3, 0.4) is 0 Å². The van der Waals surface area contributed by atoms with Gasteiger partial charge in [-0.05, 0) is 48.2 Å². The highest BCUT2D eigenvalue weighted by Crippen LogP contribution is 2.27. The molecule has 2 aromatic heterocycles. The number of aryl methyl sites for hydroxylation is 2. The minimum absolute atomic E-state index is 0.364. The lowest BCUT2D eigenvalue weighted by Crippen LogP contribution is -2.07. The van der Waals surface area contributed by atoms with Crippen molar-refractivity contribution in [2.45, 2.75) is 12.8 Å². The van der Waals surface area contributed by atoms with Gasteiger partial charge < -0.3 is 15.4 Å². The zero-order valence-corrected chi connectivity index (χ0v) is 15.2. The summed E-state index contributed by atoms with van der Waals surface area (Å²) in [4.78, 5) is 25.0. The maximum atomic E-state index is 12.1. The Labute approximate surface area is 160 Å². The van der Waals surface area contributed by atoms with Gasteiger partial charge >= 0.3 is 5.97 Å². The molecule has 8 heteroatoms. The van der Waals surface area contributed by atoms with Gasteiger partial charge in [-0.3, -0.25) is 4.98 Å². The monoisotopic (exact) mass is 381 g/mol. The summed E-state index contributed by atoms with van der Waals surface area (Å²) in [7, 11) is 1.38. The molecule has 1 aliphatic rings. The normalized spacial score (nSPS) is 12.5. The number of benzene rings is 1. The molecule has 6 bridgehead atoms. The van der Waals surface area contributed by atoms with Crippen molar-refractivity contribution in [3.8, 4) is 0 Å². The Morgan fingerprint density at radius 3 is 2.85 bits per heavy atom. The fourth-order valence-electron chi connectivity index (χ4n) is 2.94. The molecule has 1 aliphatic heterocycles. The second kappa shape index (κ2) is 7.20. The zero-order valence-electron chi connectivity index (χ0n) is 14.5. The number of hydrogen-bond acceptors (Lipinski definition) is 7.